The van der Waals surface area contributed by atoms with E-state index >= 15 is 0 Å². The minimum absolute atomic E-state index is 0.0522. The second-order valence-electron chi connectivity index (χ2n) is 5.91. The number of amides is 1. The summed E-state index contributed by atoms with van der Waals surface area (Å²) in [6, 6.07) is 6.66. The van der Waals surface area contributed by atoms with Crippen molar-refractivity contribution >= 4 is 28.2 Å². The summed E-state index contributed by atoms with van der Waals surface area (Å²) >= 11 is 0. The van der Waals surface area contributed by atoms with E-state index in [1.807, 2.05) is 13.0 Å². The van der Waals surface area contributed by atoms with Crippen molar-refractivity contribution in [2.45, 2.75) is 19.8 Å². The van der Waals surface area contributed by atoms with Gasteiger partial charge in [-0.25, -0.2) is 0 Å². The van der Waals surface area contributed by atoms with E-state index in [2.05, 4.69) is 9.88 Å². The molecule has 7 heteroatoms. The van der Waals surface area contributed by atoms with Crippen molar-refractivity contribution in [1.29, 1.82) is 0 Å². The van der Waals surface area contributed by atoms with Crippen LogP contribution < -0.4 is 10.6 Å². The molecular weight excluding hydrogens is 296 g/mol. The molecule has 0 atom stereocenters. The first-order valence-corrected chi connectivity index (χ1v) is 7.56. The first-order valence-electron chi connectivity index (χ1n) is 7.56. The number of hydrogen-bond acceptors (Lipinski definition) is 5. The normalized spacial score (nSPS) is 15.8. The first-order chi connectivity index (χ1) is 11.0. The molecule has 0 aliphatic carbocycles. The van der Waals surface area contributed by atoms with Gasteiger partial charge in [0.2, 0.25) is 5.91 Å². The van der Waals surface area contributed by atoms with E-state index in [-0.39, 0.29) is 17.5 Å². The molecule has 1 aromatic heterocycles. The number of hydrogen-bond donors (Lipinski definition) is 1. The molecule has 0 unspecified atom stereocenters. The summed E-state index contributed by atoms with van der Waals surface area (Å²) in [5.74, 6) is -0.342. The Kier molecular flexibility index (Phi) is 3.85. The van der Waals surface area contributed by atoms with Crippen LogP contribution in [0.5, 0.6) is 0 Å². The highest BCUT2D eigenvalue weighted by atomic mass is 16.6. The number of non-ortho nitro benzene ring substituents is 1. The third kappa shape index (κ3) is 2.94. The lowest BCUT2D eigenvalue weighted by Gasteiger charge is -2.33. The Labute approximate surface area is 133 Å². The van der Waals surface area contributed by atoms with Gasteiger partial charge in [-0.2, -0.15) is 0 Å². The third-order valence-electron chi connectivity index (χ3n) is 4.35. The molecule has 0 radical (unpaired) electrons. The monoisotopic (exact) mass is 314 g/mol. The Bertz CT molecular complexity index is 782. The van der Waals surface area contributed by atoms with E-state index in [4.69, 9.17) is 5.73 Å². The van der Waals surface area contributed by atoms with Gasteiger partial charge in [0, 0.05) is 47.9 Å². The Morgan fingerprint density at radius 3 is 2.65 bits per heavy atom. The molecule has 1 amide bonds. The zero-order valence-corrected chi connectivity index (χ0v) is 12.9. The molecule has 3 rings (SSSR count). The minimum atomic E-state index is -0.400. The van der Waals surface area contributed by atoms with Crippen LogP contribution in [0, 0.1) is 23.0 Å². The third-order valence-corrected chi connectivity index (χ3v) is 4.35. The van der Waals surface area contributed by atoms with E-state index in [1.54, 1.807) is 12.1 Å². The van der Waals surface area contributed by atoms with Crippen LogP contribution in [0.25, 0.3) is 10.9 Å². The van der Waals surface area contributed by atoms with E-state index < -0.39 is 4.92 Å². The average Bonchev–Trinajstić information content (AvgIpc) is 2.53. The topological polar surface area (TPSA) is 102 Å². The van der Waals surface area contributed by atoms with Gasteiger partial charge in [0.1, 0.15) is 0 Å². The number of rotatable bonds is 3. The second kappa shape index (κ2) is 5.83. The van der Waals surface area contributed by atoms with Crippen molar-refractivity contribution < 1.29 is 9.72 Å². The van der Waals surface area contributed by atoms with Crippen molar-refractivity contribution in [3.05, 3.63) is 40.1 Å². The Hall–Kier alpha value is -2.70. The molecule has 120 valence electrons. The van der Waals surface area contributed by atoms with Crippen LogP contribution in [0.15, 0.2) is 24.3 Å². The number of nitrogens with zero attached hydrogens (tertiary/aromatic N) is 3. The number of pyridine rings is 1. The largest absolute Gasteiger partial charge is 0.371 e. The van der Waals surface area contributed by atoms with Crippen LogP contribution in [0.4, 0.5) is 11.4 Å². The summed E-state index contributed by atoms with van der Waals surface area (Å²) in [7, 11) is 0. The number of anilines is 1. The second-order valence-corrected chi connectivity index (χ2v) is 5.91. The number of carbonyl (C=O) groups excluding carboxylic acids is 1. The smallest absolute Gasteiger partial charge is 0.270 e. The molecule has 7 nitrogen and oxygen atoms in total. The summed E-state index contributed by atoms with van der Waals surface area (Å²) in [5.41, 5.74) is 7.96. The molecular formula is C16H18N4O3. The van der Waals surface area contributed by atoms with Gasteiger partial charge in [-0.05, 0) is 31.9 Å². The maximum atomic E-state index is 11.3. The lowest BCUT2D eigenvalue weighted by atomic mass is 9.95. The van der Waals surface area contributed by atoms with Gasteiger partial charge in [0.25, 0.3) is 5.69 Å². The number of nitrogens with two attached hydrogens (primary N) is 1. The predicted molar refractivity (Wildman–Crippen MR) is 87.3 cm³/mol. The Morgan fingerprint density at radius 2 is 2.04 bits per heavy atom. The minimum Gasteiger partial charge on any atom is -0.371 e. The average molecular weight is 314 g/mol. The van der Waals surface area contributed by atoms with E-state index in [9.17, 15) is 14.9 Å². The van der Waals surface area contributed by atoms with Crippen molar-refractivity contribution in [2.24, 2.45) is 11.7 Å². The maximum Gasteiger partial charge on any atom is 0.270 e. The van der Waals surface area contributed by atoms with Gasteiger partial charge in [0.15, 0.2) is 0 Å². The van der Waals surface area contributed by atoms with Gasteiger partial charge >= 0.3 is 0 Å². The van der Waals surface area contributed by atoms with Crippen LogP contribution in [-0.2, 0) is 4.79 Å². The molecule has 2 heterocycles. The van der Waals surface area contributed by atoms with Crippen LogP contribution in [0.3, 0.4) is 0 Å². The lowest BCUT2D eigenvalue weighted by molar-refractivity contribution is -0.384. The van der Waals surface area contributed by atoms with Crippen molar-refractivity contribution in [3.8, 4) is 0 Å². The Morgan fingerprint density at radius 1 is 1.35 bits per heavy atom. The number of fused-ring (bicyclic) bond motifs is 1. The highest BCUT2D eigenvalue weighted by Gasteiger charge is 2.24. The molecule has 23 heavy (non-hydrogen) atoms. The number of piperidine rings is 1. The number of carbonyl (C=O) groups is 1. The zero-order chi connectivity index (χ0) is 16.6. The summed E-state index contributed by atoms with van der Waals surface area (Å²) in [4.78, 5) is 28.5. The highest BCUT2D eigenvalue weighted by Crippen LogP contribution is 2.32. The lowest BCUT2D eigenvalue weighted by Crippen LogP contribution is -2.38. The summed E-state index contributed by atoms with van der Waals surface area (Å²) in [6.07, 6.45) is 1.40. The van der Waals surface area contributed by atoms with Gasteiger partial charge in [-0.1, -0.05) is 0 Å². The number of aromatic nitrogens is 1. The van der Waals surface area contributed by atoms with Crippen molar-refractivity contribution in [2.75, 3.05) is 18.0 Å². The summed E-state index contributed by atoms with van der Waals surface area (Å²) in [6.45, 7) is 3.31. The molecule has 1 fully saturated rings. The number of benzene rings is 1. The molecule has 0 saturated carbocycles. The molecule has 2 aromatic rings. The molecule has 0 spiro atoms. The van der Waals surface area contributed by atoms with E-state index in [0.29, 0.717) is 25.9 Å². The molecule has 0 bridgehead atoms. The van der Waals surface area contributed by atoms with E-state index in [1.165, 1.54) is 6.07 Å². The molecule has 2 N–H and O–H groups in total. The van der Waals surface area contributed by atoms with Crippen molar-refractivity contribution in [1.82, 2.24) is 4.98 Å². The molecule has 1 aromatic carbocycles. The predicted octanol–water partition coefficient (Wildman–Crippen LogP) is 2.15. The number of nitro benzene ring substituents is 1. The number of aryl methyl sites for hydroxylation is 1. The van der Waals surface area contributed by atoms with Crippen LogP contribution in [-0.4, -0.2) is 28.9 Å². The molecule has 1 aliphatic rings. The standard InChI is InChI=1S/C16H18N4O3/c1-10-8-15(19-6-4-11(5-7-19)16(17)21)13-9-12(20(22)23)2-3-14(13)18-10/h2-3,8-9,11H,4-7H2,1H3,(H2,17,21). The number of nitro groups is 1. The fourth-order valence-electron chi connectivity index (χ4n) is 3.10. The number of primary amides is 1. The van der Waals surface area contributed by atoms with Crippen LogP contribution in [0.2, 0.25) is 0 Å². The quantitative estimate of drug-likeness (QED) is 0.690. The molecule has 1 aliphatic heterocycles. The first kappa shape index (κ1) is 15.2. The van der Waals surface area contributed by atoms with Gasteiger partial charge in [0.05, 0.1) is 10.4 Å². The maximum absolute atomic E-state index is 11.3. The van der Waals surface area contributed by atoms with E-state index in [0.717, 1.165) is 22.3 Å². The zero-order valence-electron chi connectivity index (χ0n) is 12.9. The summed E-state index contributed by atoms with van der Waals surface area (Å²) in [5, 5.41) is 11.8. The van der Waals surface area contributed by atoms with Crippen LogP contribution >= 0.6 is 0 Å². The Balaban J connectivity index is 2.01. The fraction of sp³-hybridized carbons (Fsp3) is 0.375. The van der Waals surface area contributed by atoms with Crippen molar-refractivity contribution in [3.63, 3.8) is 0 Å². The van der Waals surface area contributed by atoms with Gasteiger partial charge < -0.3 is 10.6 Å². The molecule has 1 saturated heterocycles. The van der Waals surface area contributed by atoms with Gasteiger partial charge in [-0.3, -0.25) is 19.9 Å². The SMILES string of the molecule is Cc1cc(N2CCC(C(N)=O)CC2)c2cc([N+](=O)[O-])ccc2n1. The fourth-order valence-corrected chi connectivity index (χ4v) is 3.10. The summed E-state index contributed by atoms with van der Waals surface area (Å²) < 4.78 is 0. The highest BCUT2D eigenvalue weighted by molar-refractivity contribution is 5.93. The van der Waals surface area contributed by atoms with Crippen LogP contribution in [0.1, 0.15) is 18.5 Å². The van der Waals surface area contributed by atoms with Gasteiger partial charge in [-0.15, -0.1) is 0 Å².